The van der Waals surface area contributed by atoms with Gasteiger partial charge in [0.15, 0.2) is 0 Å². The maximum Gasteiger partial charge on any atom is 0.136 e. The number of aliphatic hydroxyl groups is 1. The van der Waals surface area contributed by atoms with Crippen LogP contribution in [-0.2, 0) is 6.61 Å². The van der Waals surface area contributed by atoms with E-state index in [9.17, 15) is 5.11 Å². The molecule has 0 fully saturated rings. The number of aromatic nitrogens is 1. The fourth-order valence-electron chi connectivity index (χ4n) is 2.58. The minimum absolute atomic E-state index is 0.0345. The number of aliphatic hydroxyl groups excluding tert-OH is 1. The minimum Gasteiger partial charge on any atom is -0.392 e. The predicted octanol–water partition coefficient (Wildman–Crippen LogP) is 2.88. The molecule has 2 aromatic rings. The molecular formula is C16H18N2O. The lowest BCUT2D eigenvalue weighted by atomic mass is 10.1. The largest absolute Gasteiger partial charge is 0.392 e. The Hall–Kier alpha value is -1.87. The summed E-state index contributed by atoms with van der Waals surface area (Å²) in [4.78, 5) is 6.87. The van der Waals surface area contributed by atoms with Crippen LogP contribution in [0, 0.1) is 0 Å². The van der Waals surface area contributed by atoms with Gasteiger partial charge in [0.05, 0.1) is 6.61 Å². The summed E-state index contributed by atoms with van der Waals surface area (Å²) in [5, 5.41) is 11.6. The first-order valence-corrected chi connectivity index (χ1v) is 6.67. The molecule has 1 aliphatic rings. The average Bonchev–Trinajstić information content (AvgIpc) is 2.47. The summed E-state index contributed by atoms with van der Waals surface area (Å²) in [6.45, 7) is 4.14. The molecule has 1 aromatic carbocycles. The number of anilines is 1. The molecule has 0 atom stereocenters. The van der Waals surface area contributed by atoms with Crippen LogP contribution in [0.1, 0.15) is 18.9 Å². The van der Waals surface area contributed by atoms with Crippen molar-refractivity contribution >= 4 is 16.6 Å². The highest BCUT2D eigenvalue weighted by molar-refractivity contribution is 5.94. The van der Waals surface area contributed by atoms with E-state index in [1.807, 2.05) is 12.1 Å². The van der Waals surface area contributed by atoms with Gasteiger partial charge in [0, 0.05) is 30.2 Å². The summed E-state index contributed by atoms with van der Waals surface area (Å²) < 4.78 is 0. The molecule has 3 rings (SSSR count). The van der Waals surface area contributed by atoms with E-state index in [1.165, 1.54) is 5.57 Å². The fraction of sp³-hybridized carbons (Fsp3) is 0.312. The van der Waals surface area contributed by atoms with E-state index in [0.29, 0.717) is 0 Å². The number of nitrogens with zero attached hydrogens (tertiary/aromatic N) is 2. The lowest BCUT2D eigenvalue weighted by molar-refractivity contribution is 0.283. The Morgan fingerprint density at radius 1 is 1.26 bits per heavy atom. The number of fused-ring (bicyclic) bond motifs is 1. The Morgan fingerprint density at radius 2 is 2.05 bits per heavy atom. The quantitative estimate of drug-likeness (QED) is 0.837. The van der Waals surface area contributed by atoms with Gasteiger partial charge in [0.1, 0.15) is 5.82 Å². The molecule has 3 heteroatoms. The van der Waals surface area contributed by atoms with Crippen LogP contribution in [0.2, 0.25) is 0 Å². The highest BCUT2D eigenvalue weighted by atomic mass is 16.3. The lowest BCUT2D eigenvalue weighted by Crippen LogP contribution is -2.29. The second-order valence-corrected chi connectivity index (χ2v) is 5.06. The number of benzene rings is 1. The molecule has 0 aliphatic carbocycles. The van der Waals surface area contributed by atoms with Crippen molar-refractivity contribution in [3.05, 3.63) is 47.7 Å². The molecule has 98 valence electrons. The van der Waals surface area contributed by atoms with Crippen molar-refractivity contribution < 1.29 is 5.11 Å². The van der Waals surface area contributed by atoms with E-state index in [4.69, 9.17) is 0 Å². The summed E-state index contributed by atoms with van der Waals surface area (Å²) in [6, 6.07) is 8.17. The third kappa shape index (κ3) is 2.22. The van der Waals surface area contributed by atoms with Gasteiger partial charge in [-0.25, -0.2) is 4.98 Å². The molecule has 1 N–H and O–H groups in total. The van der Waals surface area contributed by atoms with Crippen LogP contribution in [0.25, 0.3) is 10.8 Å². The first-order valence-electron chi connectivity index (χ1n) is 6.67. The van der Waals surface area contributed by atoms with Gasteiger partial charge in [-0.2, -0.15) is 0 Å². The van der Waals surface area contributed by atoms with Crippen molar-refractivity contribution in [2.75, 3.05) is 18.0 Å². The summed E-state index contributed by atoms with van der Waals surface area (Å²) in [5.41, 5.74) is 2.34. The molecule has 0 radical (unpaired) electrons. The molecular weight excluding hydrogens is 236 g/mol. The Kier molecular flexibility index (Phi) is 3.22. The Bertz CT molecular complexity index is 634. The van der Waals surface area contributed by atoms with Gasteiger partial charge >= 0.3 is 0 Å². The molecule has 2 heterocycles. The summed E-state index contributed by atoms with van der Waals surface area (Å²) in [5.74, 6) is 1.02. The van der Waals surface area contributed by atoms with Crippen LogP contribution in [0.5, 0.6) is 0 Å². The van der Waals surface area contributed by atoms with Crippen molar-refractivity contribution in [2.45, 2.75) is 20.0 Å². The van der Waals surface area contributed by atoms with Crippen molar-refractivity contribution in [3.8, 4) is 0 Å². The molecule has 0 bridgehead atoms. The summed E-state index contributed by atoms with van der Waals surface area (Å²) in [7, 11) is 0. The van der Waals surface area contributed by atoms with Crippen LogP contribution < -0.4 is 4.90 Å². The second kappa shape index (κ2) is 5.02. The third-order valence-electron chi connectivity index (χ3n) is 3.76. The smallest absolute Gasteiger partial charge is 0.136 e. The Labute approximate surface area is 113 Å². The molecule has 0 spiro atoms. The molecule has 1 aliphatic heterocycles. The van der Waals surface area contributed by atoms with Crippen LogP contribution in [0.4, 0.5) is 5.82 Å². The van der Waals surface area contributed by atoms with E-state index in [2.05, 4.69) is 35.0 Å². The maximum absolute atomic E-state index is 9.41. The van der Waals surface area contributed by atoms with E-state index >= 15 is 0 Å². The standard InChI is InChI=1S/C16H18N2O/c1-12-6-8-18(9-7-12)16-15-5-3-2-4-14(15)13(11-19)10-17-16/h2-6,10,19H,7-9,11H2,1H3. The highest BCUT2D eigenvalue weighted by Crippen LogP contribution is 2.28. The number of rotatable bonds is 2. The molecule has 1 aromatic heterocycles. The van der Waals surface area contributed by atoms with Crippen LogP contribution in [0.15, 0.2) is 42.1 Å². The van der Waals surface area contributed by atoms with E-state index < -0.39 is 0 Å². The van der Waals surface area contributed by atoms with Crippen molar-refractivity contribution in [2.24, 2.45) is 0 Å². The summed E-state index contributed by atoms with van der Waals surface area (Å²) in [6.07, 6.45) is 5.15. The molecule has 0 unspecified atom stereocenters. The second-order valence-electron chi connectivity index (χ2n) is 5.06. The third-order valence-corrected chi connectivity index (χ3v) is 3.76. The Balaban J connectivity index is 2.10. The zero-order chi connectivity index (χ0) is 13.2. The number of hydrogen-bond acceptors (Lipinski definition) is 3. The first-order chi connectivity index (χ1) is 9.29. The molecule has 0 saturated heterocycles. The van der Waals surface area contributed by atoms with E-state index in [-0.39, 0.29) is 6.61 Å². The maximum atomic E-state index is 9.41. The van der Waals surface area contributed by atoms with Crippen molar-refractivity contribution in [1.82, 2.24) is 4.98 Å². The van der Waals surface area contributed by atoms with Crippen molar-refractivity contribution in [1.29, 1.82) is 0 Å². The van der Waals surface area contributed by atoms with Gasteiger partial charge in [-0.3, -0.25) is 0 Å². The number of pyridine rings is 1. The molecule has 0 amide bonds. The van der Waals surface area contributed by atoms with Gasteiger partial charge < -0.3 is 10.0 Å². The highest BCUT2D eigenvalue weighted by Gasteiger charge is 2.15. The zero-order valence-electron chi connectivity index (χ0n) is 11.1. The fourth-order valence-corrected chi connectivity index (χ4v) is 2.58. The predicted molar refractivity (Wildman–Crippen MR) is 78.3 cm³/mol. The van der Waals surface area contributed by atoms with E-state index in [0.717, 1.165) is 41.7 Å². The van der Waals surface area contributed by atoms with Crippen LogP contribution in [-0.4, -0.2) is 23.2 Å². The van der Waals surface area contributed by atoms with Crippen molar-refractivity contribution in [3.63, 3.8) is 0 Å². The molecule has 3 nitrogen and oxygen atoms in total. The first kappa shape index (κ1) is 12.2. The molecule has 19 heavy (non-hydrogen) atoms. The monoisotopic (exact) mass is 254 g/mol. The number of hydrogen-bond donors (Lipinski definition) is 1. The van der Waals surface area contributed by atoms with Gasteiger partial charge in [-0.05, 0) is 18.7 Å². The average molecular weight is 254 g/mol. The van der Waals surface area contributed by atoms with Gasteiger partial charge in [-0.1, -0.05) is 35.9 Å². The SMILES string of the molecule is CC1=CCN(c2ncc(CO)c3ccccc23)CC1. The van der Waals surface area contributed by atoms with Gasteiger partial charge in [-0.15, -0.1) is 0 Å². The van der Waals surface area contributed by atoms with Crippen LogP contribution >= 0.6 is 0 Å². The Morgan fingerprint density at radius 3 is 2.74 bits per heavy atom. The lowest BCUT2D eigenvalue weighted by Gasteiger charge is -2.27. The topological polar surface area (TPSA) is 36.4 Å². The molecule has 0 saturated carbocycles. The zero-order valence-corrected chi connectivity index (χ0v) is 11.1. The van der Waals surface area contributed by atoms with Gasteiger partial charge in [0.25, 0.3) is 0 Å². The van der Waals surface area contributed by atoms with E-state index in [1.54, 1.807) is 6.20 Å². The minimum atomic E-state index is 0.0345. The van der Waals surface area contributed by atoms with Gasteiger partial charge in [0.2, 0.25) is 0 Å². The summed E-state index contributed by atoms with van der Waals surface area (Å²) >= 11 is 0. The van der Waals surface area contributed by atoms with Crippen LogP contribution in [0.3, 0.4) is 0 Å². The normalized spacial score (nSPS) is 15.7.